The van der Waals surface area contributed by atoms with Crippen LogP contribution < -0.4 is 9.70 Å². The molecule has 0 N–H and O–H groups in total. The van der Waals surface area contributed by atoms with Crippen molar-refractivity contribution < 1.29 is 4.79 Å². The van der Waals surface area contributed by atoms with Gasteiger partial charge in [0, 0.05) is 31.9 Å². The predicted octanol–water partition coefficient (Wildman–Crippen LogP) is 5.00. The van der Waals surface area contributed by atoms with Gasteiger partial charge in [0.15, 0.2) is 4.80 Å². The summed E-state index contributed by atoms with van der Waals surface area (Å²) in [6, 6.07) is 11.0. The SMILES string of the molecule is C=CCn1c(=NC(=O)c2ccc(N(C)C)cc2)sc2ccc(Cl)c(Cl)c21. The molecule has 26 heavy (non-hydrogen) atoms. The van der Waals surface area contributed by atoms with Crippen molar-refractivity contribution in [2.75, 3.05) is 19.0 Å². The van der Waals surface area contributed by atoms with Crippen molar-refractivity contribution in [2.45, 2.75) is 6.54 Å². The second kappa shape index (κ2) is 7.66. The van der Waals surface area contributed by atoms with Gasteiger partial charge in [-0.3, -0.25) is 4.79 Å². The Hall–Kier alpha value is -2.08. The highest BCUT2D eigenvalue weighted by Gasteiger charge is 2.13. The minimum atomic E-state index is -0.304. The fourth-order valence-corrected chi connectivity index (χ4v) is 4.06. The van der Waals surface area contributed by atoms with E-state index in [9.17, 15) is 4.79 Å². The highest BCUT2D eigenvalue weighted by molar-refractivity contribution is 7.16. The third kappa shape index (κ3) is 3.56. The monoisotopic (exact) mass is 405 g/mol. The van der Waals surface area contributed by atoms with E-state index in [0.29, 0.717) is 27.0 Å². The lowest BCUT2D eigenvalue weighted by atomic mass is 10.2. The fourth-order valence-electron chi connectivity index (χ4n) is 2.54. The molecule has 3 rings (SSSR count). The molecule has 0 unspecified atom stereocenters. The molecule has 7 heteroatoms. The molecular formula is C19H17Cl2N3OS. The first kappa shape index (κ1) is 18.7. The lowest BCUT2D eigenvalue weighted by Gasteiger charge is -2.11. The van der Waals surface area contributed by atoms with Crippen LogP contribution in [-0.2, 0) is 6.54 Å². The van der Waals surface area contributed by atoms with E-state index in [0.717, 1.165) is 15.9 Å². The van der Waals surface area contributed by atoms with E-state index in [1.807, 2.05) is 41.8 Å². The van der Waals surface area contributed by atoms with E-state index in [2.05, 4.69) is 11.6 Å². The summed E-state index contributed by atoms with van der Waals surface area (Å²) in [5.41, 5.74) is 2.31. The Kier molecular flexibility index (Phi) is 5.51. The predicted molar refractivity (Wildman–Crippen MR) is 111 cm³/mol. The summed E-state index contributed by atoms with van der Waals surface area (Å²) < 4.78 is 2.77. The summed E-state index contributed by atoms with van der Waals surface area (Å²) in [7, 11) is 3.90. The summed E-state index contributed by atoms with van der Waals surface area (Å²) in [6.07, 6.45) is 1.73. The van der Waals surface area contributed by atoms with E-state index in [1.54, 1.807) is 24.3 Å². The molecule has 0 fully saturated rings. The summed E-state index contributed by atoms with van der Waals surface area (Å²) in [5.74, 6) is -0.304. The van der Waals surface area contributed by atoms with E-state index >= 15 is 0 Å². The molecule has 0 aliphatic rings. The van der Waals surface area contributed by atoms with Crippen molar-refractivity contribution in [3.63, 3.8) is 0 Å². The van der Waals surface area contributed by atoms with Gasteiger partial charge in [-0.15, -0.1) is 6.58 Å². The number of amides is 1. The molecule has 1 amide bonds. The maximum Gasteiger partial charge on any atom is 0.279 e. The number of allylic oxidation sites excluding steroid dienone is 1. The third-order valence-corrected chi connectivity index (χ3v) is 5.71. The van der Waals surface area contributed by atoms with Crippen LogP contribution in [0.25, 0.3) is 10.2 Å². The molecule has 4 nitrogen and oxygen atoms in total. The van der Waals surface area contributed by atoms with Crippen molar-refractivity contribution in [3.8, 4) is 0 Å². The molecule has 134 valence electrons. The van der Waals surface area contributed by atoms with Crippen LogP contribution in [0.1, 0.15) is 10.4 Å². The average Bonchev–Trinajstić information content (AvgIpc) is 2.96. The maximum absolute atomic E-state index is 12.6. The molecule has 0 aliphatic heterocycles. The second-order valence-corrected chi connectivity index (χ2v) is 7.64. The van der Waals surface area contributed by atoms with Gasteiger partial charge < -0.3 is 9.47 Å². The van der Waals surface area contributed by atoms with Gasteiger partial charge in [-0.05, 0) is 36.4 Å². The van der Waals surface area contributed by atoms with Gasteiger partial charge in [-0.2, -0.15) is 4.99 Å². The molecule has 0 saturated carbocycles. The Bertz CT molecular complexity index is 1050. The molecule has 0 bridgehead atoms. The molecular weight excluding hydrogens is 389 g/mol. The molecule has 0 radical (unpaired) electrons. The van der Waals surface area contributed by atoms with Crippen molar-refractivity contribution in [1.82, 2.24) is 4.57 Å². The number of rotatable bonds is 4. The Morgan fingerprint density at radius 2 is 1.92 bits per heavy atom. The number of hydrogen-bond donors (Lipinski definition) is 0. The maximum atomic E-state index is 12.6. The number of anilines is 1. The van der Waals surface area contributed by atoms with E-state index in [-0.39, 0.29) is 5.91 Å². The van der Waals surface area contributed by atoms with Crippen molar-refractivity contribution in [2.24, 2.45) is 4.99 Å². The third-order valence-electron chi connectivity index (χ3n) is 3.87. The van der Waals surface area contributed by atoms with Gasteiger partial charge >= 0.3 is 0 Å². The van der Waals surface area contributed by atoms with Gasteiger partial charge in [-0.25, -0.2) is 0 Å². The highest BCUT2D eigenvalue weighted by Crippen LogP contribution is 2.32. The normalized spacial score (nSPS) is 11.8. The summed E-state index contributed by atoms with van der Waals surface area (Å²) in [5, 5.41) is 0.915. The number of fused-ring (bicyclic) bond motifs is 1. The van der Waals surface area contributed by atoms with Crippen LogP contribution in [0.15, 0.2) is 54.0 Å². The van der Waals surface area contributed by atoms with Crippen LogP contribution in [0.3, 0.4) is 0 Å². The highest BCUT2D eigenvalue weighted by atomic mass is 35.5. The zero-order valence-corrected chi connectivity index (χ0v) is 16.7. The van der Waals surface area contributed by atoms with Crippen molar-refractivity contribution in [3.05, 3.63) is 69.5 Å². The first-order chi connectivity index (χ1) is 12.4. The molecule has 2 aromatic carbocycles. The standard InChI is InChI=1S/C19H17Cl2N3OS/c1-4-11-24-17-15(10-9-14(20)16(17)21)26-19(24)22-18(25)12-5-7-13(8-6-12)23(2)3/h4-10H,1,11H2,2-3H3. The van der Waals surface area contributed by atoms with Crippen LogP contribution in [-0.4, -0.2) is 24.6 Å². The number of halogens is 2. The number of aromatic nitrogens is 1. The summed E-state index contributed by atoms with van der Waals surface area (Å²) in [6.45, 7) is 4.25. The molecule has 1 aromatic heterocycles. The minimum absolute atomic E-state index is 0.304. The summed E-state index contributed by atoms with van der Waals surface area (Å²) >= 11 is 13.9. The van der Waals surface area contributed by atoms with Crippen molar-refractivity contribution in [1.29, 1.82) is 0 Å². The van der Waals surface area contributed by atoms with E-state index in [1.165, 1.54) is 11.3 Å². The number of carbonyl (C=O) groups excluding carboxylic acids is 1. The van der Waals surface area contributed by atoms with Crippen LogP contribution in [0.2, 0.25) is 10.0 Å². The number of carbonyl (C=O) groups is 1. The zero-order valence-electron chi connectivity index (χ0n) is 14.4. The van der Waals surface area contributed by atoms with Crippen molar-refractivity contribution >= 4 is 56.3 Å². The smallest absolute Gasteiger partial charge is 0.279 e. The summed E-state index contributed by atoms with van der Waals surface area (Å²) in [4.78, 5) is 19.5. The van der Waals surface area contributed by atoms with Crippen LogP contribution in [0.5, 0.6) is 0 Å². The Labute approximate surface area is 165 Å². The van der Waals surface area contributed by atoms with Crippen LogP contribution >= 0.6 is 34.5 Å². The van der Waals surface area contributed by atoms with Crippen LogP contribution in [0.4, 0.5) is 5.69 Å². The van der Waals surface area contributed by atoms with Crippen LogP contribution in [0, 0.1) is 0 Å². The number of thiazole rings is 1. The number of benzene rings is 2. The average molecular weight is 406 g/mol. The lowest BCUT2D eigenvalue weighted by molar-refractivity contribution is 0.0998. The fraction of sp³-hybridized carbons (Fsp3) is 0.158. The molecule has 0 saturated heterocycles. The molecule has 3 aromatic rings. The molecule has 0 atom stereocenters. The van der Waals surface area contributed by atoms with E-state index in [4.69, 9.17) is 23.2 Å². The van der Waals surface area contributed by atoms with Gasteiger partial charge in [0.25, 0.3) is 5.91 Å². The Balaban J connectivity index is 2.11. The first-order valence-electron chi connectivity index (χ1n) is 7.87. The Morgan fingerprint density at radius 1 is 1.23 bits per heavy atom. The van der Waals surface area contributed by atoms with Gasteiger partial charge in [-0.1, -0.05) is 40.6 Å². The molecule has 1 heterocycles. The topological polar surface area (TPSA) is 37.6 Å². The number of nitrogens with zero attached hydrogens (tertiary/aromatic N) is 3. The quantitative estimate of drug-likeness (QED) is 0.572. The zero-order chi connectivity index (χ0) is 18.8. The van der Waals surface area contributed by atoms with Gasteiger partial charge in [0.2, 0.25) is 0 Å². The van der Waals surface area contributed by atoms with E-state index < -0.39 is 0 Å². The molecule has 0 spiro atoms. The molecule has 0 aliphatic carbocycles. The van der Waals surface area contributed by atoms with Gasteiger partial charge in [0.1, 0.15) is 0 Å². The van der Waals surface area contributed by atoms with Gasteiger partial charge in [0.05, 0.1) is 20.3 Å². The Morgan fingerprint density at radius 3 is 2.54 bits per heavy atom. The largest absolute Gasteiger partial charge is 0.378 e. The minimum Gasteiger partial charge on any atom is -0.378 e. The second-order valence-electron chi connectivity index (χ2n) is 5.85. The lowest BCUT2D eigenvalue weighted by Crippen LogP contribution is -2.16. The first-order valence-corrected chi connectivity index (χ1v) is 9.44. The number of hydrogen-bond acceptors (Lipinski definition) is 3.